The van der Waals surface area contributed by atoms with E-state index in [9.17, 15) is 18.8 Å². The highest BCUT2D eigenvalue weighted by molar-refractivity contribution is 8.18. The van der Waals surface area contributed by atoms with Crippen LogP contribution in [0.5, 0.6) is 5.75 Å². The number of imide groups is 1. The lowest BCUT2D eigenvalue weighted by molar-refractivity contribution is -0.125. The second-order valence-electron chi connectivity index (χ2n) is 6.49. The predicted octanol–water partition coefficient (Wildman–Crippen LogP) is 3.62. The zero-order chi connectivity index (χ0) is 21.5. The highest BCUT2D eigenvalue weighted by atomic mass is 32.2. The highest BCUT2D eigenvalue weighted by Gasteiger charge is 2.34. The lowest BCUT2D eigenvalue weighted by Gasteiger charge is -2.13. The summed E-state index contributed by atoms with van der Waals surface area (Å²) >= 11 is 0.749. The first kappa shape index (κ1) is 21.6. The number of rotatable bonds is 8. The van der Waals surface area contributed by atoms with E-state index in [0.717, 1.165) is 23.1 Å². The lowest BCUT2D eigenvalue weighted by Crippen LogP contribution is -2.38. The maximum Gasteiger partial charge on any atom is 0.293 e. The minimum absolute atomic E-state index is 0.0240. The lowest BCUT2D eigenvalue weighted by atomic mass is 10.2. The van der Waals surface area contributed by atoms with Crippen LogP contribution in [0.15, 0.2) is 53.4 Å². The Bertz CT molecular complexity index is 975. The van der Waals surface area contributed by atoms with Crippen LogP contribution in [-0.4, -0.2) is 41.6 Å². The molecule has 1 N–H and O–H groups in total. The Kier molecular flexibility index (Phi) is 7.24. The number of nitrogens with one attached hydrogen (secondary N) is 1. The minimum Gasteiger partial charge on any atom is -0.484 e. The molecule has 0 aliphatic carbocycles. The summed E-state index contributed by atoms with van der Waals surface area (Å²) in [7, 11) is 0. The van der Waals surface area contributed by atoms with Gasteiger partial charge in [-0.05, 0) is 48.0 Å². The fraction of sp³-hybridized carbons (Fsp3) is 0.227. The van der Waals surface area contributed by atoms with Gasteiger partial charge in [-0.15, -0.1) is 0 Å². The molecule has 2 aromatic carbocycles. The van der Waals surface area contributed by atoms with Gasteiger partial charge in [0, 0.05) is 18.7 Å². The summed E-state index contributed by atoms with van der Waals surface area (Å²) in [5.74, 6) is -0.745. The Balaban J connectivity index is 1.47. The van der Waals surface area contributed by atoms with Gasteiger partial charge >= 0.3 is 0 Å². The van der Waals surface area contributed by atoms with Crippen molar-refractivity contribution in [2.45, 2.75) is 13.3 Å². The highest BCUT2D eigenvalue weighted by Crippen LogP contribution is 2.32. The fourth-order valence-electron chi connectivity index (χ4n) is 2.75. The van der Waals surface area contributed by atoms with Crippen LogP contribution in [0, 0.1) is 5.82 Å². The number of carbonyl (C=O) groups is 3. The fourth-order valence-corrected chi connectivity index (χ4v) is 3.61. The Morgan fingerprint density at radius 3 is 2.60 bits per heavy atom. The molecule has 0 aromatic heterocycles. The Morgan fingerprint density at radius 2 is 1.90 bits per heavy atom. The van der Waals surface area contributed by atoms with Crippen molar-refractivity contribution in [3.8, 4) is 5.75 Å². The first-order chi connectivity index (χ1) is 14.5. The molecular formula is C22H21FN2O4S. The van der Waals surface area contributed by atoms with E-state index in [0.29, 0.717) is 5.75 Å². The SMILES string of the molecule is CCc1ccc(OCC(=O)NCCN2C(=O)S/C(=C\c3ccccc3F)C2=O)cc1. The molecule has 1 heterocycles. The van der Waals surface area contributed by atoms with Crippen LogP contribution < -0.4 is 10.1 Å². The first-order valence-corrected chi connectivity index (χ1v) is 10.3. The monoisotopic (exact) mass is 428 g/mol. The zero-order valence-corrected chi connectivity index (χ0v) is 17.2. The van der Waals surface area contributed by atoms with E-state index in [-0.39, 0.29) is 36.1 Å². The number of ether oxygens (including phenoxy) is 1. The molecule has 1 aliphatic heterocycles. The van der Waals surface area contributed by atoms with Crippen LogP contribution in [0.2, 0.25) is 0 Å². The van der Waals surface area contributed by atoms with E-state index in [1.807, 2.05) is 12.1 Å². The number of nitrogens with zero attached hydrogens (tertiary/aromatic N) is 1. The van der Waals surface area contributed by atoms with Crippen LogP contribution in [0.1, 0.15) is 18.1 Å². The van der Waals surface area contributed by atoms with Crippen LogP contribution in [-0.2, 0) is 16.0 Å². The van der Waals surface area contributed by atoms with Crippen molar-refractivity contribution >= 4 is 34.9 Å². The zero-order valence-electron chi connectivity index (χ0n) is 16.4. The third-order valence-corrected chi connectivity index (χ3v) is 5.33. The van der Waals surface area contributed by atoms with Crippen molar-refractivity contribution in [2.24, 2.45) is 0 Å². The number of halogens is 1. The molecule has 30 heavy (non-hydrogen) atoms. The van der Waals surface area contributed by atoms with Crippen molar-refractivity contribution in [3.63, 3.8) is 0 Å². The van der Waals surface area contributed by atoms with Gasteiger partial charge in [-0.3, -0.25) is 19.3 Å². The number of aryl methyl sites for hydroxylation is 1. The molecule has 1 fully saturated rings. The smallest absolute Gasteiger partial charge is 0.293 e. The average molecular weight is 428 g/mol. The van der Waals surface area contributed by atoms with Gasteiger partial charge in [0.2, 0.25) is 0 Å². The summed E-state index contributed by atoms with van der Waals surface area (Å²) in [5.41, 5.74) is 1.41. The van der Waals surface area contributed by atoms with Gasteiger partial charge in [0.25, 0.3) is 17.1 Å². The summed E-state index contributed by atoms with van der Waals surface area (Å²) in [4.78, 5) is 37.6. The summed E-state index contributed by atoms with van der Waals surface area (Å²) in [6, 6.07) is 13.5. The molecular weight excluding hydrogens is 407 g/mol. The molecule has 2 aromatic rings. The van der Waals surface area contributed by atoms with Crippen molar-refractivity contribution in [2.75, 3.05) is 19.7 Å². The van der Waals surface area contributed by atoms with E-state index < -0.39 is 17.0 Å². The Hall–Kier alpha value is -3.13. The molecule has 3 amide bonds. The molecule has 6 nitrogen and oxygen atoms in total. The average Bonchev–Trinajstić information content (AvgIpc) is 3.01. The van der Waals surface area contributed by atoms with Gasteiger partial charge in [0.1, 0.15) is 11.6 Å². The third kappa shape index (κ3) is 5.48. The van der Waals surface area contributed by atoms with Gasteiger partial charge in [-0.1, -0.05) is 37.3 Å². The standard InChI is InChI=1S/C22H21FN2O4S/c1-2-15-7-9-17(10-8-15)29-14-20(26)24-11-12-25-21(27)19(30-22(25)28)13-16-5-3-4-6-18(16)23/h3-10,13H,2,11-12,14H2,1H3,(H,24,26)/b19-13-. The predicted molar refractivity (Wildman–Crippen MR) is 113 cm³/mol. The number of carbonyl (C=O) groups excluding carboxylic acids is 3. The molecule has 0 atom stereocenters. The van der Waals surface area contributed by atoms with Crippen molar-refractivity contribution < 1.29 is 23.5 Å². The number of benzene rings is 2. The van der Waals surface area contributed by atoms with E-state index in [2.05, 4.69) is 12.2 Å². The number of hydrogen-bond donors (Lipinski definition) is 1. The molecule has 0 radical (unpaired) electrons. The summed E-state index contributed by atoms with van der Waals surface area (Å²) in [6.07, 6.45) is 2.28. The molecule has 0 saturated carbocycles. The second kappa shape index (κ2) is 10.1. The Morgan fingerprint density at radius 1 is 1.17 bits per heavy atom. The molecule has 0 unspecified atom stereocenters. The van der Waals surface area contributed by atoms with Crippen LogP contribution in [0.25, 0.3) is 6.08 Å². The quantitative estimate of drug-likeness (QED) is 0.650. The van der Waals surface area contributed by atoms with Crippen LogP contribution in [0.4, 0.5) is 9.18 Å². The van der Waals surface area contributed by atoms with E-state index >= 15 is 0 Å². The topological polar surface area (TPSA) is 75.7 Å². The normalized spacial score (nSPS) is 15.0. The minimum atomic E-state index is -0.505. The summed E-state index contributed by atoms with van der Waals surface area (Å²) < 4.78 is 19.2. The Labute approximate surface area is 178 Å². The van der Waals surface area contributed by atoms with E-state index in [4.69, 9.17) is 4.74 Å². The molecule has 1 aliphatic rings. The van der Waals surface area contributed by atoms with Gasteiger partial charge in [-0.2, -0.15) is 0 Å². The van der Waals surface area contributed by atoms with Crippen molar-refractivity contribution in [1.82, 2.24) is 10.2 Å². The number of thioether (sulfide) groups is 1. The molecule has 1 saturated heterocycles. The van der Waals surface area contributed by atoms with Gasteiger partial charge in [0.15, 0.2) is 6.61 Å². The molecule has 3 rings (SSSR count). The molecule has 156 valence electrons. The second-order valence-corrected chi connectivity index (χ2v) is 7.48. The molecule has 8 heteroatoms. The number of amides is 3. The van der Waals surface area contributed by atoms with Crippen molar-refractivity contribution in [3.05, 3.63) is 70.4 Å². The molecule has 0 bridgehead atoms. The maximum atomic E-state index is 13.8. The van der Waals surface area contributed by atoms with Crippen molar-refractivity contribution in [1.29, 1.82) is 0 Å². The van der Waals surface area contributed by atoms with Gasteiger partial charge < -0.3 is 10.1 Å². The maximum absolute atomic E-state index is 13.8. The summed E-state index contributed by atoms with van der Waals surface area (Å²) in [5, 5.41) is 2.16. The van der Waals surface area contributed by atoms with Crippen LogP contribution in [0.3, 0.4) is 0 Å². The number of hydrogen-bond acceptors (Lipinski definition) is 5. The third-order valence-electron chi connectivity index (χ3n) is 4.42. The van der Waals surface area contributed by atoms with E-state index in [1.165, 1.54) is 23.8 Å². The van der Waals surface area contributed by atoms with Gasteiger partial charge in [-0.25, -0.2) is 4.39 Å². The van der Waals surface area contributed by atoms with E-state index in [1.54, 1.807) is 24.3 Å². The van der Waals surface area contributed by atoms with Crippen LogP contribution >= 0.6 is 11.8 Å². The first-order valence-electron chi connectivity index (χ1n) is 9.46. The van der Waals surface area contributed by atoms with Gasteiger partial charge in [0.05, 0.1) is 4.91 Å². The summed E-state index contributed by atoms with van der Waals surface area (Å²) in [6.45, 7) is 2.01. The largest absolute Gasteiger partial charge is 0.484 e. The molecule has 0 spiro atoms.